The molecule has 182 valence electrons. The Labute approximate surface area is 232 Å². The molecular weight excluding hydrogens is 478 g/mol. The van der Waals surface area contributed by atoms with Crippen molar-refractivity contribution in [2.24, 2.45) is 0 Å². The van der Waals surface area contributed by atoms with Crippen LogP contribution >= 0.6 is 0 Å². The minimum atomic E-state index is -0.458. The number of fused-ring (bicyclic) bond motifs is 9. The van der Waals surface area contributed by atoms with E-state index in [9.17, 15) is 0 Å². The number of para-hydroxylation sites is 5. The van der Waals surface area contributed by atoms with E-state index in [2.05, 4.69) is 34.9 Å². The number of nitrogens with zero attached hydrogens (tertiary/aromatic N) is 1. The molecule has 0 unspecified atom stereocenters. The van der Waals surface area contributed by atoms with Gasteiger partial charge in [0.1, 0.15) is 22.3 Å². The molecule has 0 aliphatic carbocycles. The van der Waals surface area contributed by atoms with Gasteiger partial charge < -0.3 is 13.4 Å². The quantitative estimate of drug-likeness (QED) is 0.233. The van der Waals surface area contributed by atoms with E-state index >= 15 is 0 Å². The van der Waals surface area contributed by atoms with Crippen LogP contribution < -0.4 is 0 Å². The van der Waals surface area contributed by atoms with E-state index < -0.39 is 12.1 Å². The Morgan fingerprint density at radius 3 is 2.03 bits per heavy atom. The molecule has 0 spiro atoms. The van der Waals surface area contributed by atoms with Crippen LogP contribution in [0.3, 0.4) is 0 Å². The van der Waals surface area contributed by atoms with Gasteiger partial charge in [-0.15, -0.1) is 0 Å². The molecule has 0 amide bonds. The summed E-state index contributed by atoms with van der Waals surface area (Å²) in [6, 6.07) is 25.5. The fourth-order valence-electron chi connectivity index (χ4n) is 5.84. The van der Waals surface area contributed by atoms with E-state index in [0.29, 0.717) is 16.7 Å². The summed E-state index contributed by atoms with van der Waals surface area (Å²) >= 11 is 0. The van der Waals surface area contributed by atoms with Crippen molar-refractivity contribution in [3.05, 3.63) is 127 Å². The van der Waals surface area contributed by atoms with Crippen molar-refractivity contribution < 1.29 is 18.4 Å². The lowest BCUT2D eigenvalue weighted by molar-refractivity contribution is 0.665. The molecule has 0 bridgehead atoms. The highest BCUT2D eigenvalue weighted by molar-refractivity contribution is 6.15. The Balaban J connectivity index is 1.35. The van der Waals surface area contributed by atoms with Crippen LogP contribution in [0.5, 0.6) is 0 Å². The fourth-order valence-corrected chi connectivity index (χ4v) is 5.84. The Morgan fingerprint density at radius 1 is 0.487 bits per heavy atom. The molecule has 39 heavy (non-hydrogen) atoms. The normalized spacial score (nSPS) is 14.6. The summed E-state index contributed by atoms with van der Waals surface area (Å²) < 4.78 is 74.4. The van der Waals surface area contributed by atoms with Crippen molar-refractivity contribution in [1.82, 2.24) is 4.57 Å². The number of aromatic nitrogens is 1. The van der Waals surface area contributed by atoms with Gasteiger partial charge in [0.15, 0.2) is 0 Å². The van der Waals surface area contributed by atoms with Crippen molar-refractivity contribution in [2.75, 3.05) is 0 Å². The standard InChI is InChI=1S/C36H21NO2/c1-4-16-31-23(9-1)24-10-2-5-17-32(24)37(31)22-19-20-34-30(21-22)29-15-8-14-28(36(29)39-34)27-13-7-12-26-25-11-3-6-18-33(25)38-35(26)27/h1-21H/i3D,6D,7D,11D,12D,13D,18D. The van der Waals surface area contributed by atoms with Gasteiger partial charge in [0.25, 0.3) is 0 Å². The largest absolute Gasteiger partial charge is 0.455 e. The highest BCUT2D eigenvalue weighted by atomic mass is 16.3. The molecule has 0 atom stereocenters. The van der Waals surface area contributed by atoms with E-state index in [1.807, 2.05) is 48.5 Å². The predicted molar refractivity (Wildman–Crippen MR) is 161 cm³/mol. The molecule has 6 aromatic carbocycles. The van der Waals surface area contributed by atoms with E-state index in [1.54, 1.807) is 6.07 Å². The molecule has 0 radical (unpaired) electrons. The van der Waals surface area contributed by atoms with Crippen LogP contribution in [0.4, 0.5) is 0 Å². The minimum Gasteiger partial charge on any atom is -0.455 e. The van der Waals surface area contributed by atoms with Gasteiger partial charge >= 0.3 is 0 Å². The van der Waals surface area contributed by atoms with E-state index in [4.69, 9.17) is 18.4 Å². The zero-order valence-corrected chi connectivity index (χ0v) is 20.3. The molecule has 0 saturated heterocycles. The molecule has 0 fully saturated rings. The summed E-state index contributed by atoms with van der Waals surface area (Å²) in [6.45, 7) is 0. The highest BCUT2D eigenvalue weighted by Gasteiger charge is 2.18. The lowest BCUT2D eigenvalue weighted by Gasteiger charge is -2.08. The van der Waals surface area contributed by atoms with Gasteiger partial charge in [0, 0.05) is 49.1 Å². The number of furan rings is 2. The van der Waals surface area contributed by atoms with E-state index in [0.717, 1.165) is 38.3 Å². The van der Waals surface area contributed by atoms with Gasteiger partial charge in [0.2, 0.25) is 0 Å². The second-order valence-electron chi connectivity index (χ2n) is 9.59. The van der Waals surface area contributed by atoms with E-state index in [1.165, 1.54) is 0 Å². The third-order valence-electron chi connectivity index (χ3n) is 7.52. The van der Waals surface area contributed by atoms with Gasteiger partial charge in [-0.05, 0) is 36.4 Å². The number of rotatable bonds is 2. The maximum atomic E-state index is 8.93. The highest BCUT2D eigenvalue weighted by Crippen LogP contribution is 2.42. The van der Waals surface area contributed by atoms with Crippen LogP contribution in [-0.2, 0) is 0 Å². The van der Waals surface area contributed by atoms with Gasteiger partial charge in [-0.1, -0.05) is 90.9 Å². The van der Waals surface area contributed by atoms with Crippen LogP contribution in [0, 0.1) is 0 Å². The van der Waals surface area contributed by atoms with Crippen molar-refractivity contribution >= 4 is 65.7 Å². The molecule has 9 aromatic rings. The lowest BCUT2D eigenvalue weighted by atomic mass is 10.00. The average Bonchev–Trinajstić information content (AvgIpc) is 3.76. The van der Waals surface area contributed by atoms with Crippen molar-refractivity contribution in [1.29, 1.82) is 0 Å². The number of hydrogen-bond donors (Lipinski definition) is 0. The first-order valence-electron chi connectivity index (χ1n) is 16.1. The summed E-state index contributed by atoms with van der Waals surface area (Å²) in [6.07, 6.45) is 0. The molecule has 3 heteroatoms. The third kappa shape index (κ3) is 2.82. The van der Waals surface area contributed by atoms with Gasteiger partial charge in [-0.25, -0.2) is 0 Å². The molecule has 0 saturated carbocycles. The Bertz CT molecular complexity index is 2740. The van der Waals surface area contributed by atoms with Crippen molar-refractivity contribution in [3.63, 3.8) is 0 Å². The molecule has 9 rings (SSSR count). The van der Waals surface area contributed by atoms with E-state index in [-0.39, 0.29) is 57.7 Å². The Kier molecular flexibility index (Phi) is 2.97. The minimum absolute atomic E-state index is 0.0216. The Hall–Kier alpha value is -5.28. The van der Waals surface area contributed by atoms with Gasteiger partial charge in [0.05, 0.1) is 20.6 Å². The molecule has 3 nitrogen and oxygen atoms in total. The molecule has 0 aliphatic heterocycles. The lowest BCUT2D eigenvalue weighted by Crippen LogP contribution is -1.93. The summed E-state index contributed by atoms with van der Waals surface area (Å²) in [4.78, 5) is 0. The number of benzene rings is 6. The van der Waals surface area contributed by atoms with Crippen molar-refractivity contribution in [3.8, 4) is 16.8 Å². The van der Waals surface area contributed by atoms with Crippen LogP contribution in [0.2, 0.25) is 0 Å². The first kappa shape index (κ1) is 15.2. The Morgan fingerprint density at radius 2 is 1.18 bits per heavy atom. The van der Waals surface area contributed by atoms with Crippen molar-refractivity contribution in [2.45, 2.75) is 0 Å². The molecule has 0 aliphatic rings. The first-order valence-corrected chi connectivity index (χ1v) is 12.6. The first-order chi connectivity index (χ1) is 22.3. The molecular formula is C36H21NO2. The summed E-state index contributed by atoms with van der Waals surface area (Å²) in [7, 11) is 0. The second-order valence-corrected chi connectivity index (χ2v) is 9.59. The molecule has 0 N–H and O–H groups in total. The maximum absolute atomic E-state index is 8.93. The summed E-state index contributed by atoms with van der Waals surface area (Å²) in [5.74, 6) is 0. The molecule has 3 aromatic heterocycles. The molecule has 3 heterocycles. The monoisotopic (exact) mass is 506 g/mol. The summed E-state index contributed by atoms with van der Waals surface area (Å²) in [5, 5.41) is 4.03. The van der Waals surface area contributed by atoms with Crippen LogP contribution in [-0.4, -0.2) is 4.57 Å². The zero-order chi connectivity index (χ0) is 31.6. The second kappa shape index (κ2) is 7.62. The SMILES string of the molecule is [2H]c1c([2H])c([2H])c2c(oc3c(-c4cccc5c4oc4ccc(-n6c7ccccc7c7ccccc76)cc45)c([2H])c([2H])c([2H])c32)c1[2H]. The van der Waals surface area contributed by atoms with Crippen LogP contribution in [0.25, 0.3) is 82.5 Å². The summed E-state index contributed by atoms with van der Waals surface area (Å²) in [5.41, 5.74) is 4.78. The fraction of sp³-hybridized carbons (Fsp3) is 0. The average molecular weight is 507 g/mol. The van der Waals surface area contributed by atoms with Crippen LogP contribution in [0.15, 0.2) is 136 Å². The topological polar surface area (TPSA) is 31.2 Å². The third-order valence-corrected chi connectivity index (χ3v) is 7.52. The van der Waals surface area contributed by atoms with Gasteiger partial charge in [-0.2, -0.15) is 0 Å². The zero-order valence-electron chi connectivity index (χ0n) is 27.3. The number of hydrogen-bond acceptors (Lipinski definition) is 2. The maximum Gasteiger partial charge on any atom is 0.143 e. The smallest absolute Gasteiger partial charge is 0.143 e. The van der Waals surface area contributed by atoms with Crippen LogP contribution in [0.1, 0.15) is 9.60 Å². The van der Waals surface area contributed by atoms with Gasteiger partial charge in [-0.3, -0.25) is 0 Å². The predicted octanol–water partition coefficient (Wildman–Crippen LogP) is 10.2.